The Kier molecular flexibility index (Phi) is 7.02. The van der Waals surface area contributed by atoms with E-state index in [1.807, 2.05) is 0 Å². The number of ether oxygens (including phenoxy) is 2. The van der Waals surface area contributed by atoms with E-state index < -0.39 is 0 Å². The van der Waals surface area contributed by atoms with Gasteiger partial charge in [0.25, 0.3) is 0 Å². The van der Waals surface area contributed by atoms with Crippen molar-refractivity contribution in [1.82, 2.24) is 0 Å². The van der Waals surface area contributed by atoms with E-state index in [0.717, 1.165) is 18.8 Å². The molecule has 1 rings (SSSR count). The van der Waals surface area contributed by atoms with E-state index in [9.17, 15) is 4.79 Å². The summed E-state index contributed by atoms with van der Waals surface area (Å²) in [5.41, 5.74) is 0.480. The number of methoxy groups -OCH3 is 1. The minimum atomic E-state index is -0.268. The quantitative estimate of drug-likeness (QED) is 0.396. The molecular formula is C15H26O3. The predicted molar refractivity (Wildman–Crippen MR) is 72.4 cm³/mol. The van der Waals surface area contributed by atoms with Gasteiger partial charge in [0.15, 0.2) is 0 Å². The molecule has 0 heterocycles. The molecule has 0 amide bonds. The maximum absolute atomic E-state index is 11.1. The van der Waals surface area contributed by atoms with Crippen molar-refractivity contribution >= 4 is 5.97 Å². The molecule has 0 aromatic carbocycles. The molecule has 1 fully saturated rings. The van der Waals surface area contributed by atoms with E-state index in [1.165, 1.54) is 32.1 Å². The van der Waals surface area contributed by atoms with Gasteiger partial charge in [0.2, 0.25) is 0 Å². The van der Waals surface area contributed by atoms with Gasteiger partial charge >= 0.3 is 5.97 Å². The van der Waals surface area contributed by atoms with Gasteiger partial charge in [-0.3, -0.25) is 0 Å². The Morgan fingerprint density at radius 1 is 1.22 bits per heavy atom. The van der Waals surface area contributed by atoms with Gasteiger partial charge in [0.05, 0.1) is 12.7 Å². The summed E-state index contributed by atoms with van der Waals surface area (Å²) in [4.78, 5) is 11.1. The fraction of sp³-hybridized carbons (Fsp3) is 0.800. The second-order valence-electron chi connectivity index (χ2n) is 5.29. The Morgan fingerprint density at radius 3 is 2.44 bits per heavy atom. The Labute approximate surface area is 111 Å². The van der Waals surface area contributed by atoms with Crippen molar-refractivity contribution in [3.8, 4) is 0 Å². The molecule has 0 saturated heterocycles. The normalized spacial score (nSPS) is 23.7. The lowest BCUT2D eigenvalue weighted by atomic mass is 9.84. The number of esters is 1. The van der Waals surface area contributed by atoms with Crippen molar-refractivity contribution in [2.45, 2.75) is 58.0 Å². The monoisotopic (exact) mass is 254 g/mol. The van der Waals surface area contributed by atoms with Gasteiger partial charge < -0.3 is 9.47 Å². The summed E-state index contributed by atoms with van der Waals surface area (Å²) in [6, 6.07) is 0. The molecule has 0 aromatic rings. The molecule has 0 aromatic heterocycles. The zero-order valence-corrected chi connectivity index (χ0v) is 11.7. The highest BCUT2D eigenvalue weighted by atomic mass is 16.5. The highest BCUT2D eigenvalue weighted by Gasteiger charge is 2.20. The van der Waals surface area contributed by atoms with Gasteiger partial charge in [0.1, 0.15) is 0 Å². The van der Waals surface area contributed by atoms with E-state index in [1.54, 1.807) is 14.0 Å². The first-order valence-corrected chi connectivity index (χ1v) is 6.99. The number of rotatable bonds is 7. The second-order valence-corrected chi connectivity index (χ2v) is 5.29. The zero-order valence-electron chi connectivity index (χ0n) is 11.7. The molecule has 1 aliphatic rings. The van der Waals surface area contributed by atoms with Crippen LogP contribution in [-0.4, -0.2) is 25.8 Å². The van der Waals surface area contributed by atoms with Gasteiger partial charge in [-0.1, -0.05) is 13.0 Å². The number of hydrogen-bond acceptors (Lipinski definition) is 3. The van der Waals surface area contributed by atoms with Crippen molar-refractivity contribution in [1.29, 1.82) is 0 Å². The minimum Gasteiger partial charge on any atom is -0.462 e. The van der Waals surface area contributed by atoms with Crippen LogP contribution in [0.25, 0.3) is 0 Å². The first-order valence-electron chi connectivity index (χ1n) is 6.99. The second kappa shape index (κ2) is 8.30. The first kappa shape index (κ1) is 15.2. The fourth-order valence-corrected chi connectivity index (χ4v) is 2.48. The van der Waals surface area contributed by atoms with Crippen LogP contribution in [0.4, 0.5) is 0 Å². The third-order valence-electron chi connectivity index (χ3n) is 3.72. The highest BCUT2D eigenvalue weighted by molar-refractivity contribution is 5.86. The van der Waals surface area contributed by atoms with Gasteiger partial charge in [0, 0.05) is 12.7 Å². The lowest BCUT2D eigenvalue weighted by Crippen LogP contribution is -2.20. The summed E-state index contributed by atoms with van der Waals surface area (Å²) >= 11 is 0. The standard InChI is InChI=1S/C15H26O3/c1-12(2)15(16)18-11-5-4-6-13-7-9-14(17-3)10-8-13/h13-14H,1,4-11H2,2-3H3. The lowest BCUT2D eigenvalue weighted by Gasteiger charge is -2.27. The van der Waals surface area contributed by atoms with E-state index in [0.29, 0.717) is 18.3 Å². The number of carbonyl (C=O) groups excluding carboxylic acids is 1. The SMILES string of the molecule is C=C(C)C(=O)OCCCCC1CCC(OC)CC1. The molecule has 0 atom stereocenters. The zero-order chi connectivity index (χ0) is 13.4. The van der Waals surface area contributed by atoms with Gasteiger partial charge in [-0.15, -0.1) is 0 Å². The molecule has 0 aliphatic heterocycles. The molecule has 0 unspecified atom stereocenters. The van der Waals surface area contributed by atoms with Crippen molar-refractivity contribution in [3.63, 3.8) is 0 Å². The molecule has 1 aliphatic carbocycles. The fourth-order valence-electron chi connectivity index (χ4n) is 2.48. The average molecular weight is 254 g/mol. The molecule has 0 spiro atoms. The van der Waals surface area contributed by atoms with Crippen LogP contribution in [0.3, 0.4) is 0 Å². The smallest absolute Gasteiger partial charge is 0.333 e. The molecule has 0 bridgehead atoms. The Morgan fingerprint density at radius 2 is 1.89 bits per heavy atom. The predicted octanol–water partition coefficient (Wildman–Crippen LogP) is 3.48. The maximum atomic E-state index is 11.1. The van der Waals surface area contributed by atoms with E-state index in [-0.39, 0.29) is 5.97 Å². The third kappa shape index (κ3) is 5.67. The lowest BCUT2D eigenvalue weighted by molar-refractivity contribution is -0.139. The Bertz CT molecular complexity index is 265. The van der Waals surface area contributed by atoms with Gasteiger partial charge in [-0.05, 0) is 51.4 Å². The largest absolute Gasteiger partial charge is 0.462 e. The van der Waals surface area contributed by atoms with Crippen LogP contribution < -0.4 is 0 Å². The molecule has 1 saturated carbocycles. The van der Waals surface area contributed by atoms with Crippen LogP contribution in [0.5, 0.6) is 0 Å². The minimum absolute atomic E-state index is 0.268. The van der Waals surface area contributed by atoms with Crippen LogP contribution >= 0.6 is 0 Å². The molecule has 3 heteroatoms. The van der Waals surface area contributed by atoms with Crippen molar-refractivity contribution in [2.75, 3.05) is 13.7 Å². The summed E-state index contributed by atoms with van der Waals surface area (Å²) in [6.45, 7) is 5.76. The van der Waals surface area contributed by atoms with Gasteiger partial charge in [-0.2, -0.15) is 0 Å². The summed E-state index contributed by atoms with van der Waals surface area (Å²) in [7, 11) is 1.81. The molecule has 0 N–H and O–H groups in total. The van der Waals surface area contributed by atoms with Crippen LogP contribution in [0.1, 0.15) is 51.9 Å². The van der Waals surface area contributed by atoms with E-state index in [4.69, 9.17) is 9.47 Å². The van der Waals surface area contributed by atoms with Crippen molar-refractivity contribution in [3.05, 3.63) is 12.2 Å². The van der Waals surface area contributed by atoms with Crippen molar-refractivity contribution < 1.29 is 14.3 Å². The van der Waals surface area contributed by atoms with Crippen LogP contribution in [0.2, 0.25) is 0 Å². The summed E-state index contributed by atoms with van der Waals surface area (Å²) in [6.07, 6.45) is 8.81. The number of hydrogen-bond donors (Lipinski definition) is 0. The maximum Gasteiger partial charge on any atom is 0.333 e. The van der Waals surface area contributed by atoms with E-state index in [2.05, 4.69) is 6.58 Å². The van der Waals surface area contributed by atoms with Gasteiger partial charge in [-0.25, -0.2) is 4.79 Å². The summed E-state index contributed by atoms with van der Waals surface area (Å²) in [5, 5.41) is 0. The molecule has 0 radical (unpaired) electrons. The molecule has 104 valence electrons. The first-order chi connectivity index (χ1) is 8.63. The van der Waals surface area contributed by atoms with Crippen molar-refractivity contribution in [2.24, 2.45) is 5.92 Å². The number of unbranched alkanes of at least 4 members (excludes halogenated alkanes) is 1. The van der Waals surface area contributed by atoms with Crippen LogP contribution in [0, 0.1) is 5.92 Å². The summed E-state index contributed by atoms with van der Waals surface area (Å²) < 4.78 is 10.4. The van der Waals surface area contributed by atoms with E-state index >= 15 is 0 Å². The average Bonchev–Trinajstić information content (AvgIpc) is 2.38. The summed E-state index contributed by atoms with van der Waals surface area (Å²) in [5.74, 6) is 0.573. The number of carbonyl (C=O) groups is 1. The molecule has 3 nitrogen and oxygen atoms in total. The molecule has 18 heavy (non-hydrogen) atoms. The third-order valence-corrected chi connectivity index (χ3v) is 3.72. The van der Waals surface area contributed by atoms with Crippen LogP contribution in [0.15, 0.2) is 12.2 Å². The highest BCUT2D eigenvalue weighted by Crippen LogP contribution is 2.29. The Balaban J connectivity index is 1.99. The van der Waals surface area contributed by atoms with Crippen LogP contribution in [-0.2, 0) is 14.3 Å². The topological polar surface area (TPSA) is 35.5 Å². The Hall–Kier alpha value is -0.830. The molecular weight excluding hydrogens is 228 g/mol.